The minimum atomic E-state index is -0.118. The zero-order valence-corrected chi connectivity index (χ0v) is 11.4. The number of hydrogen-bond acceptors (Lipinski definition) is 1. The number of allylic oxidation sites excluding steroid dienone is 1. The van der Waals surface area contributed by atoms with E-state index in [1.165, 1.54) is 69.8 Å². The topological polar surface area (TPSA) is 20.2 Å². The third-order valence-corrected chi connectivity index (χ3v) is 4.59. The lowest BCUT2D eigenvalue weighted by atomic mass is 9.96. The van der Waals surface area contributed by atoms with Gasteiger partial charge in [-0.2, -0.15) is 0 Å². The van der Waals surface area contributed by atoms with E-state index in [4.69, 9.17) is 0 Å². The van der Waals surface area contributed by atoms with E-state index >= 15 is 0 Å². The fourth-order valence-corrected chi connectivity index (χ4v) is 3.49. The van der Waals surface area contributed by atoms with Crippen LogP contribution in [0.4, 0.5) is 0 Å². The van der Waals surface area contributed by atoms with E-state index in [0.717, 1.165) is 6.42 Å². The van der Waals surface area contributed by atoms with Crippen LogP contribution in [0, 0.1) is 5.92 Å². The van der Waals surface area contributed by atoms with Gasteiger partial charge in [0.25, 0.3) is 0 Å². The van der Waals surface area contributed by atoms with E-state index in [0.29, 0.717) is 5.92 Å². The molecule has 0 heterocycles. The Morgan fingerprint density at radius 3 is 2.00 bits per heavy atom. The van der Waals surface area contributed by atoms with Gasteiger partial charge < -0.3 is 5.11 Å². The summed E-state index contributed by atoms with van der Waals surface area (Å²) in [7, 11) is 0. The average Bonchev–Trinajstić information content (AvgIpc) is 2.56. The van der Waals surface area contributed by atoms with Crippen LogP contribution in [-0.2, 0) is 0 Å². The van der Waals surface area contributed by atoms with Gasteiger partial charge in [-0.05, 0) is 43.6 Å². The number of rotatable bonds is 0. The van der Waals surface area contributed by atoms with Crippen molar-refractivity contribution in [3.63, 3.8) is 0 Å². The second kappa shape index (κ2) is 6.58. The largest absolute Gasteiger partial charge is 0.388 e. The van der Waals surface area contributed by atoms with Gasteiger partial charge in [-0.15, -0.1) is 0 Å². The minimum absolute atomic E-state index is 0.118. The molecule has 0 saturated heterocycles. The van der Waals surface area contributed by atoms with Crippen molar-refractivity contribution in [2.75, 3.05) is 0 Å². The lowest BCUT2D eigenvalue weighted by Gasteiger charge is -2.14. The molecule has 0 aromatic heterocycles. The van der Waals surface area contributed by atoms with Crippen molar-refractivity contribution in [3.05, 3.63) is 11.1 Å². The van der Waals surface area contributed by atoms with Crippen molar-refractivity contribution in [2.45, 2.75) is 83.7 Å². The maximum Gasteiger partial charge on any atom is 0.0781 e. The van der Waals surface area contributed by atoms with Crippen molar-refractivity contribution in [2.24, 2.45) is 5.92 Å². The van der Waals surface area contributed by atoms with Crippen LogP contribution >= 0.6 is 0 Å². The first kappa shape index (κ1) is 13.1. The number of hydrogen-bond donors (Lipinski definition) is 1. The zero-order valence-electron chi connectivity index (χ0n) is 11.4. The molecule has 2 aliphatic rings. The highest BCUT2D eigenvalue weighted by Crippen LogP contribution is 2.37. The Bertz CT molecular complexity index is 267. The molecule has 1 heteroatoms. The van der Waals surface area contributed by atoms with Crippen LogP contribution in [0.5, 0.6) is 0 Å². The molecule has 0 saturated carbocycles. The van der Waals surface area contributed by atoms with E-state index in [9.17, 15) is 5.11 Å². The molecule has 2 aliphatic carbocycles. The molecule has 2 atom stereocenters. The average molecular weight is 236 g/mol. The predicted molar refractivity (Wildman–Crippen MR) is 73.0 cm³/mol. The highest BCUT2D eigenvalue weighted by atomic mass is 16.3. The van der Waals surface area contributed by atoms with Crippen LogP contribution in [0.2, 0.25) is 0 Å². The molecular weight excluding hydrogens is 208 g/mol. The fourth-order valence-electron chi connectivity index (χ4n) is 3.49. The van der Waals surface area contributed by atoms with E-state index in [1.54, 1.807) is 5.57 Å². The van der Waals surface area contributed by atoms with Crippen molar-refractivity contribution in [3.8, 4) is 0 Å². The Hall–Kier alpha value is -0.300. The van der Waals surface area contributed by atoms with Crippen LogP contribution < -0.4 is 0 Å². The molecule has 0 radical (unpaired) electrons. The second-order valence-electron chi connectivity index (χ2n) is 6.08. The first-order valence-corrected chi connectivity index (χ1v) is 7.68. The highest BCUT2D eigenvalue weighted by molar-refractivity contribution is 5.25. The summed E-state index contributed by atoms with van der Waals surface area (Å²) < 4.78 is 0. The van der Waals surface area contributed by atoms with Gasteiger partial charge in [0, 0.05) is 0 Å². The Morgan fingerprint density at radius 2 is 1.35 bits per heavy atom. The summed E-state index contributed by atoms with van der Waals surface area (Å²) in [5.74, 6) is 0.477. The van der Waals surface area contributed by atoms with Gasteiger partial charge in [0.15, 0.2) is 0 Å². The van der Waals surface area contributed by atoms with Gasteiger partial charge in [0.05, 0.1) is 6.10 Å². The summed E-state index contributed by atoms with van der Waals surface area (Å²) in [4.78, 5) is 0. The Kier molecular flexibility index (Phi) is 5.09. The molecule has 0 bridgehead atoms. The molecule has 0 aromatic carbocycles. The van der Waals surface area contributed by atoms with Crippen LogP contribution in [0.1, 0.15) is 77.6 Å². The normalized spacial score (nSPS) is 32.8. The van der Waals surface area contributed by atoms with Crippen LogP contribution in [-0.4, -0.2) is 11.2 Å². The van der Waals surface area contributed by atoms with Crippen molar-refractivity contribution in [1.82, 2.24) is 0 Å². The fraction of sp³-hybridized carbons (Fsp3) is 0.875. The lowest BCUT2D eigenvalue weighted by Crippen LogP contribution is -2.13. The van der Waals surface area contributed by atoms with Crippen molar-refractivity contribution < 1.29 is 5.11 Å². The van der Waals surface area contributed by atoms with Crippen LogP contribution in [0.3, 0.4) is 0 Å². The Balaban J connectivity index is 1.98. The van der Waals surface area contributed by atoms with Gasteiger partial charge in [-0.25, -0.2) is 0 Å². The summed E-state index contributed by atoms with van der Waals surface area (Å²) in [6, 6.07) is 0. The SMILES string of the molecule is C[C@H]1CC2=C(CCCCCCCCCC2)[C@H]1O. The second-order valence-corrected chi connectivity index (χ2v) is 6.08. The van der Waals surface area contributed by atoms with E-state index in [-0.39, 0.29) is 6.10 Å². The number of aliphatic hydroxyl groups is 1. The van der Waals surface area contributed by atoms with Gasteiger partial charge >= 0.3 is 0 Å². The maximum atomic E-state index is 10.2. The van der Waals surface area contributed by atoms with Crippen LogP contribution in [0.25, 0.3) is 0 Å². The Labute approximate surface area is 106 Å². The molecular formula is C16H28O. The Morgan fingerprint density at radius 1 is 0.824 bits per heavy atom. The first-order valence-electron chi connectivity index (χ1n) is 7.68. The first-order chi connectivity index (χ1) is 8.29. The molecule has 17 heavy (non-hydrogen) atoms. The molecule has 0 unspecified atom stereocenters. The van der Waals surface area contributed by atoms with E-state index < -0.39 is 0 Å². The quantitative estimate of drug-likeness (QED) is 0.609. The van der Waals surface area contributed by atoms with E-state index in [2.05, 4.69) is 6.92 Å². The highest BCUT2D eigenvalue weighted by Gasteiger charge is 2.29. The van der Waals surface area contributed by atoms with Crippen molar-refractivity contribution >= 4 is 0 Å². The summed E-state index contributed by atoms with van der Waals surface area (Å²) >= 11 is 0. The summed E-state index contributed by atoms with van der Waals surface area (Å²) in [5, 5.41) is 10.2. The molecule has 0 aromatic rings. The van der Waals surface area contributed by atoms with Gasteiger partial charge in [0.1, 0.15) is 0 Å². The van der Waals surface area contributed by atoms with Gasteiger partial charge in [0.2, 0.25) is 0 Å². The van der Waals surface area contributed by atoms with Crippen molar-refractivity contribution in [1.29, 1.82) is 0 Å². The standard InChI is InChI=1S/C16H28O/c1-13-12-14-10-8-6-4-2-3-5-7-9-11-15(14)16(13)17/h13,16-17H,2-12H2,1H3/t13-,16-/m0/s1. The minimum Gasteiger partial charge on any atom is -0.388 e. The monoisotopic (exact) mass is 236 g/mol. The molecule has 0 amide bonds. The molecule has 0 aliphatic heterocycles. The predicted octanol–water partition coefficient (Wildman–Crippen LogP) is 4.60. The third-order valence-electron chi connectivity index (χ3n) is 4.59. The molecule has 2 rings (SSSR count). The smallest absolute Gasteiger partial charge is 0.0781 e. The summed E-state index contributed by atoms with van der Waals surface area (Å²) in [6.07, 6.45) is 14.5. The zero-order chi connectivity index (χ0) is 12.1. The lowest BCUT2D eigenvalue weighted by molar-refractivity contribution is 0.161. The summed E-state index contributed by atoms with van der Waals surface area (Å²) in [6.45, 7) is 2.20. The molecule has 0 spiro atoms. The van der Waals surface area contributed by atoms with Crippen LogP contribution in [0.15, 0.2) is 11.1 Å². The molecule has 98 valence electrons. The summed E-state index contributed by atoms with van der Waals surface area (Å²) in [5.41, 5.74) is 3.05. The molecule has 0 fully saturated rings. The van der Waals surface area contributed by atoms with Gasteiger partial charge in [-0.1, -0.05) is 51.0 Å². The van der Waals surface area contributed by atoms with E-state index in [1.807, 2.05) is 0 Å². The van der Waals surface area contributed by atoms with Gasteiger partial charge in [-0.3, -0.25) is 0 Å². The molecule has 1 nitrogen and oxygen atoms in total. The maximum absolute atomic E-state index is 10.2. The molecule has 1 N–H and O–H groups in total. The third kappa shape index (κ3) is 3.58. The number of aliphatic hydroxyl groups excluding tert-OH is 1.